The van der Waals surface area contributed by atoms with Crippen molar-refractivity contribution in [2.24, 2.45) is 0 Å². The van der Waals surface area contributed by atoms with Crippen LogP contribution in [0.3, 0.4) is 0 Å². The average molecular weight is 943 g/mol. The fourth-order valence-electron chi connectivity index (χ4n) is 8.48. The standard InChI is InChI=1S/C33H25BNO2.C20H18N.Ir/c1-19-15-20(2)31(21(3)16-19)24-17-27(35-18-22(24)4)23-9-7-11-26-33(23)37-30-14-8-13-29-32(30)34(26)25-10-5-6-12-28(25)36-29;1-14-9-10-18(20-11-15(2)16(3)13-21-20)12-19(14)17-7-5-4-6-8-17;/h5-8,10-18H,1-4H3;4-9,11-13H,1-3H3;/q2*-1;. The quantitative estimate of drug-likeness (QED) is 0.130. The summed E-state index contributed by atoms with van der Waals surface area (Å²) in [6.07, 6.45) is 3.90. The van der Waals surface area contributed by atoms with E-state index in [0.29, 0.717) is 0 Å². The van der Waals surface area contributed by atoms with Gasteiger partial charge in [0.25, 0.3) is 0 Å². The van der Waals surface area contributed by atoms with E-state index in [1.165, 1.54) is 55.6 Å². The van der Waals surface area contributed by atoms with E-state index in [1.54, 1.807) is 0 Å². The maximum atomic E-state index is 6.61. The second-order valence-electron chi connectivity index (χ2n) is 15.6. The maximum Gasteiger partial charge on any atom is 0.241 e. The van der Waals surface area contributed by atoms with E-state index in [9.17, 15) is 0 Å². The average Bonchev–Trinajstić information content (AvgIpc) is 3.23. The molecule has 0 N–H and O–H groups in total. The Balaban J connectivity index is 0.000000188. The first-order valence-electron chi connectivity index (χ1n) is 19.8. The molecule has 0 bridgehead atoms. The second kappa shape index (κ2) is 16.3. The number of pyridine rings is 2. The minimum absolute atomic E-state index is 0. The van der Waals surface area contributed by atoms with Crippen molar-refractivity contribution in [3.8, 4) is 67.8 Å². The van der Waals surface area contributed by atoms with Gasteiger partial charge in [-0.2, -0.15) is 0 Å². The molecule has 59 heavy (non-hydrogen) atoms. The van der Waals surface area contributed by atoms with Gasteiger partial charge in [0.15, 0.2) is 0 Å². The summed E-state index contributed by atoms with van der Waals surface area (Å²) in [6, 6.07) is 48.7. The summed E-state index contributed by atoms with van der Waals surface area (Å²) < 4.78 is 12.9. The third kappa shape index (κ3) is 7.44. The number of ether oxygens (including phenoxy) is 2. The molecule has 0 fully saturated rings. The monoisotopic (exact) mass is 943 g/mol. The number of aryl methyl sites for hydroxylation is 7. The van der Waals surface area contributed by atoms with Gasteiger partial charge >= 0.3 is 0 Å². The van der Waals surface area contributed by atoms with E-state index < -0.39 is 0 Å². The second-order valence-corrected chi connectivity index (χ2v) is 15.6. The number of rotatable bonds is 4. The van der Waals surface area contributed by atoms with Crippen molar-refractivity contribution in [3.05, 3.63) is 185 Å². The van der Waals surface area contributed by atoms with Crippen LogP contribution in [0.4, 0.5) is 0 Å². The summed E-state index contributed by atoms with van der Waals surface area (Å²) in [6.45, 7) is 15.0. The van der Waals surface area contributed by atoms with Crippen molar-refractivity contribution in [3.63, 3.8) is 0 Å². The van der Waals surface area contributed by atoms with Crippen molar-refractivity contribution in [1.29, 1.82) is 0 Å². The van der Waals surface area contributed by atoms with Crippen molar-refractivity contribution in [1.82, 2.24) is 9.97 Å². The summed E-state index contributed by atoms with van der Waals surface area (Å²) >= 11 is 0. The number of hydrogen-bond donors (Lipinski definition) is 0. The molecule has 0 spiro atoms. The van der Waals surface area contributed by atoms with Crippen LogP contribution in [0.2, 0.25) is 0 Å². The molecule has 2 aliphatic heterocycles. The molecule has 8 aromatic rings. The molecule has 0 amide bonds. The summed E-state index contributed by atoms with van der Waals surface area (Å²) in [5, 5.41) is 0. The number of para-hydroxylation sites is 1. The minimum Gasteiger partial charge on any atom is -0.503 e. The van der Waals surface area contributed by atoms with Crippen molar-refractivity contribution >= 4 is 23.1 Å². The molecule has 2 aliphatic rings. The molecule has 0 saturated carbocycles. The number of benzene rings is 6. The van der Waals surface area contributed by atoms with Crippen LogP contribution in [0.25, 0.3) is 44.8 Å². The molecule has 0 unspecified atom stereocenters. The number of hydrogen-bond acceptors (Lipinski definition) is 4. The molecule has 0 aliphatic carbocycles. The van der Waals surface area contributed by atoms with E-state index in [-0.39, 0.29) is 26.8 Å². The fourth-order valence-corrected chi connectivity index (χ4v) is 8.48. The summed E-state index contributed by atoms with van der Waals surface area (Å²) in [5.74, 6) is 3.37. The van der Waals surface area contributed by atoms with E-state index in [1.807, 2.05) is 54.9 Å². The van der Waals surface area contributed by atoms with Crippen LogP contribution in [-0.4, -0.2) is 16.7 Å². The molecule has 1 radical (unpaired) electrons. The predicted molar refractivity (Wildman–Crippen MR) is 239 cm³/mol. The van der Waals surface area contributed by atoms with Crippen molar-refractivity contribution in [2.45, 2.75) is 48.5 Å². The molecular weight excluding hydrogens is 900 g/mol. The summed E-state index contributed by atoms with van der Waals surface area (Å²) in [7, 11) is 0. The molecular formula is C53H43BIrN2O2-2. The van der Waals surface area contributed by atoms with Gasteiger partial charge in [0.2, 0.25) is 6.71 Å². The topological polar surface area (TPSA) is 44.2 Å². The Morgan fingerprint density at radius 2 is 1.20 bits per heavy atom. The molecule has 4 heterocycles. The Morgan fingerprint density at radius 3 is 1.97 bits per heavy atom. The summed E-state index contributed by atoms with van der Waals surface area (Å²) in [5.41, 5.74) is 20.7. The Kier molecular flexibility index (Phi) is 11.0. The zero-order valence-electron chi connectivity index (χ0n) is 34.3. The first kappa shape index (κ1) is 39.7. The van der Waals surface area contributed by atoms with Gasteiger partial charge in [0.1, 0.15) is 17.2 Å². The van der Waals surface area contributed by atoms with Crippen molar-refractivity contribution in [2.75, 3.05) is 0 Å². The van der Waals surface area contributed by atoms with Crippen LogP contribution < -0.4 is 25.9 Å². The molecule has 2 aromatic heterocycles. The molecule has 6 aromatic carbocycles. The number of aromatic nitrogens is 2. The van der Waals surface area contributed by atoms with Gasteiger partial charge in [0, 0.05) is 43.7 Å². The van der Waals surface area contributed by atoms with Gasteiger partial charge in [-0.3, -0.25) is 0 Å². The molecule has 0 saturated heterocycles. The number of fused-ring (bicyclic) bond motifs is 4. The minimum atomic E-state index is 0. The van der Waals surface area contributed by atoms with Crippen LogP contribution in [0.5, 0.6) is 23.0 Å². The Bertz CT molecular complexity index is 2870. The molecule has 6 heteroatoms. The summed E-state index contributed by atoms with van der Waals surface area (Å²) in [4.78, 5) is 9.41. The van der Waals surface area contributed by atoms with E-state index in [4.69, 9.17) is 14.5 Å². The normalized spacial score (nSPS) is 11.7. The van der Waals surface area contributed by atoms with Gasteiger partial charge in [-0.15, -0.1) is 53.0 Å². The van der Waals surface area contributed by atoms with Crippen LogP contribution in [-0.2, 0) is 20.1 Å². The zero-order valence-corrected chi connectivity index (χ0v) is 36.7. The van der Waals surface area contributed by atoms with E-state index >= 15 is 0 Å². The van der Waals surface area contributed by atoms with Gasteiger partial charge in [-0.05, 0) is 116 Å². The number of nitrogens with zero attached hydrogens (tertiary/aromatic N) is 2. The smallest absolute Gasteiger partial charge is 0.241 e. The molecule has 4 nitrogen and oxygen atoms in total. The van der Waals surface area contributed by atoms with Gasteiger partial charge < -0.3 is 19.4 Å². The van der Waals surface area contributed by atoms with Gasteiger partial charge in [0.05, 0.1) is 0 Å². The SMILES string of the molecule is Cc1cc(C)c(-c2cc(-c3[c-]ccc4c3Oc3cccc5c3B4c3ccccc3O5)ncc2C)c(C)c1.Cc1cnc(-c2[c-]cc(C)c(-c3ccccc3)c2)cc1C.[Ir]. The van der Waals surface area contributed by atoms with E-state index in [0.717, 1.165) is 67.5 Å². The Morgan fingerprint density at radius 1 is 0.525 bits per heavy atom. The van der Waals surface area contributed by atoms with Crippen LogP contribution in [0.15, 0.2) is 134 Å². The maximum absolute atomic E-state index is 6.61. The zero-order chi connectivity index (χ0) is 40.1. The van der Waals surface area contributed by atoms with Crippen LogP contribution in [0.1, 0.15) is 38.9 Å². The van der Waals surface area contributed by atoms with Gasteiger partial charge in [-0.1, -0.05) is 108 Å². The molecule has 291 valence electrons. The molecule has 0 atom stereocenters. The largest absolute Gasteiger partial charge is 0.503 e. The van der Waals surface area contributed by atoms with Gasteiger partial charge in [-0.25, -0.2) is 0 Å². The first-order chi connectivity index (χ1) is 28.1. The third-order valence-corrected chi connectivity index (χ3v) is 11.5. The predicted octanol–water partition coefficient (Wildman–Crippen LogP) is 11.3. The van der Waals surface area contributed by atoms with Crippen LogP contribution in [0, 0.1) is 60.6 Å². The first-order valence-corrected chi connectivity index (χ1v) is 19.8. The Hall–Kier alpha value is -6.07. The van der Waals surface area contributed by atoms with Crippen molar-refractivity contribution < 1.29 is 29.6 Å². The third-order valence-electron chi connectivity index (χ3n) is 11.5. The fraction of sp³-hybridized carbons (Fsp3) is 0.132. The van der Waals surface area contributed by atoms with Crippen LogP contribution >= 0.6 is 0 Å². The molecule has 10 rings (SSSR count). The Labute approximate surface area is 361 Å². The van der Waals surface area contributed by atoms with E-state index in [2.05, 4.69) is 144 Å².